The van der Waals surface area contributed by atoms with Crippen LogP contribution in [0.15, 0.2) is 32.6 Å². The third-order valence-electron chi connectivity index (χ3n) is 2.79. The molecule has 0 aliphatic carbocycles. The Morgan fingerprint density at radius 2 is 1.38 bits per heavy atom. The zero-order valence-corrected chi connectivity index (χ0v) is 9.46. The van der Waals surface area contributed by atoms with E-state index in [0.717, 1.165) is 5.56 Å². The Hall–Kier alpha value is -1.77. The number of hydrogen-bond acceptors (Lipinski definition) is 3. The Balaban J connectivity index is 2.93. The van der Waals surface area contributed by atoms with Gasteiger partial charge in [0.25, 0.3) is 5.43 Å². The van der Waals surface area contributed by atoms with Gasteiger partial charge < -0.3 is 0 Å². The molecule has 0 bridgehead atoms. The molecule has 0 aliphatic rings. The van der Waals surface area contributed by atoms with Gasteiger partial charge in [0.1, 0.15) is 0 Å². The van der Waals surface area contributed by atoms with E-state index in [1.807, 2.05) is 20.8 Å². The van der Waals surface area contributed by atoms with Crippen molar-refractivity contribution in [3.63, 3.8) is 0 Å². The van der Waals surface area contributed by atoms with Crippen LogP contribution in [0.5, 0.6) is 0 Å². The van der Waals surface area contributed by atoms with Crippen LogP contribution in [-0.4, -0.2) is 0 Å². The minimum Gasteiger partial charge on any atom is -0.285 e. The minimum absolute atomic E-state index is 0.107. The van der Waals surface area contributed by atoms with Crippen LogP contribution in [0.4, 0.5) is 0 Å². The predicted octanol–water partition coefficient (Wildman–Crippen LogP) is 1.09. The second-order valence-electron chi connectivity index (χ2n) is 5.00. The topological polar surface area (TPSA) is 51.2 Å². The standard InChI is InChI=1S/C13H12O3/c1-13(2,3)7-4-5-8-9(6-7)11(15)12(16)10(8)14/h4-6H,1-3H3. The van der Waals surface area contributed by atoms with Gasteiger partial charge in [-0.15, -0.1) is 0 Å². The monoisotopic (exact) mass is 216 g/mol. The van der Waals surface area contributed by atoms with Gasteiger partial charge in [0.05, 0.1) is 0 Å². The van der Waals surface area contributed by atoms with Crippen molar-refractivity contribution in [2.45, 2.75) is 26.2 Å². The first-order chi connectivity index (χ1) is 7.32. The lowest BCUT2D eigenvalue weighted by Gasteiger charge is -2.18. The number of hydrogen-bond donors (Lipinski definition) is 0. The molecule has 0 N–H and O–H groups in total. The van der Waals surface area contributed by atoms with Gasteiger partial charge in [0, 0.05) is 10.8 Å². The second kappa shape index (κ2) is 3.11. The smallest absolute Gasteiger partial charge is 0.273 e. The summed E-state index contributed by atoms with van der Waals surface area (Å²) >= 11 is 0. The molecule has 3 heteroatoms. The minimum atomic E-state index is -0.916. The normalized spacial score (nSPS) is 12.2. The van der Waals surface area contributed by atoms with E-state index in [9.17, 15) is 14.4 Å². The zero-order chi connectivity index (χ0) is 12.1. The van der Waals surface area contributed by atoms with Gasteiger partial charge in [-0.2, -0.15) is 0 Å². The molecule has 2 aromatic rings. The van der Waals surface area contributed by atoms with Crippen LogP contribution in [-0.2, 0) is 5.41 Å². The maximum atomic E-state index is 11.5. The first-order valence-electron chi connectivity index (χ1n) is 5.10. The summed E-state index contributed by atoms with van der Waals surface area (Å²) in [6.07, 6.45) is 0. The molecule has 0 atom stereocenters. The molecule has 0 heterocycles. The molecule has 16 heavy (non-hydrogen) atoms. The summed E-state index contributed by atoms with van der Waals surface area (Å²) in [7, 11) is 0. The molecule has 0 amide bonds. The molecule has 0 unspecified atom stereocenters. The van der Waals surface area contributed by atoms with E-state index in [0.29, 0.717) is 0 Å². The van der Waals surface area contributed by atoms with Gasteiger partial charge in [-0.25, -0.2) is 0 Å². The zero-order valence-electron chi connectivity index (χ0n) is 9.46. The summed E-state index contributed by atoms with van der Waals surface area (Å²) in [6, 6.07) is 5.02. The molecule has 82 valence electrons. The van der Waals surface area contributed by atoms with Gasteiger partial charge in [0.2, 0.25) is 10.9 Å². The Labute approximate surface area is 92.0 Å². The highest BCUT2D eigenvalue weighted by atomic mass is 16.2. The number of benzene rings is 1. The van der Waals surface area contributed by atoms with Crippen molar-refractivity contribution in [1.82, 2.24) is 0 Å². The van der Waals surface area contributed by atoms with Crippen LogP contribution >= 0.6 is 0 Å². The SMILES string of the molecule is CC(C)(C)c1ccc2c(=O)c(=O)c(=O)c2c1. The molecule has 2 aromatic carbocycles. The third kappa shape index (κ3) is 1.40. The van der Waals surface area contributed by atoms with Crippen molar-refractivity contribution >= 4 is 10.8 Å². The Bertz CT molecular complexity index is 696. The average molecular weight is 216 g/mol. The van der Waals surface area contributed by atoms with Crippen molar-refractivity contribution in [3.05, 3.63) is 54.4 Å². The summed E-state index contributed by atoms with van der Waals surface area (Å²) < 4.78 is 0. The lowest BCUT2D eigenvalue weighted by atomic mass is 9.86. The molecular formula is C13H12O3. The van der Waals surface area contributed by atoms with Crippen molar-refractivity contribution in [1.29, 1.82) is 0 Å². The molecule has 0 saturated carbocycles. The molecule has 0 saturated heterocycles. The number of rotatable bonds is 0. The second-order valence-corrected chi connectivity index (χ2v) is 5.00. The summed E-state index contributed by atoms with van der Waals surface area (Å²) in [5.41, 5.74) is -1.43. The van der Waals surface area contributed by atoms with Crippen molar-refractivity contribution in [2.75, 3.05) is 0 Å². The Kier molecular flexibility index (Phi) is 2.09. The van der Waals surface area contributed by atoms with Crippen LogP contribution < -0.4 is 16.3 Å². The van der Waals surface area contributed by atoms with E-state index in [4.69, 9.17) is 0 Å². The molecule has 3 nitrogen and oxygen atoms in total. The van der Waals surface area contributed by atoms with Crippen LogP contribution in [0.2, 0.25) is 0 Å². The fourth-order valence-corrected chi connectivity index (χ4v) is 1.74. The Morgan fingerprint density at radius 1 is 0.812 bits per heavy atom. The number of fused-ring (bicyclic) bond motifs is 1. The highest BCUT2D eigenvalue weighted by Gasteiger charge is 2.17. The van der Waals surface area contributed by atoms with Crippen molar-refractivity contribution in [3.8, 4) is 0 Å². The quantitative estimate of drug-likeness (QED) is 0.619. The first kappa shape index (κ1) is 10.7. The highest BCUT2D eigenvalue weighted by molar-refractivity contribution is 5.84. The first-order valence-corrected chi connectivity index (χ1v) is 5.10. The summed E-state index contributed by atoms with van der Waals surface area (Å²) in [5, 5.41) is 0.491. The molecule has 0 radical (unpaired) electrons. The maximum absolute atomic E-state index is 11.5. The summed E-state index contributed by atoms with van der Waals surface area (Å²) in [5.74, 6) is 0. The molecular weight excluding hydrogens is 204 g/mol. The lowest BCUT2D eigenvalue weighted by Crippen LogP contribution is -2.29. The van der Waals surface area contributed by atoms with Gasteiger partial charge >= 0.3 is 0 Å². The van der Waals surface area contributed by atoms with E-state index in [1.165, 1.54) is 0 Å². The van der Waals surface area contributed by atoms with Crippen LogP contribution in [0.25, 0.3) is 10.8 Å². The molecule has 0 fully saturated rings. The molecule has 0 aliphatic heterocycles. The van der Waals surface area contributed by atoms with E-state index >= 15 is 0 Å². The van der Waals surface area contributed by atoms with Crippen LogP contribution in [0.3, 0.4) is 0 Å². The van der Waals surface area contributed by atoms with Gasteiger partial charge in [-0.05, 0) is 23.1 Å². The lowest BCUT2D eigenvalue weighted by molar-refractivity contribution is 0.591. The largest absolute Gasteiger partial charge is 0.285 e. The van der Waals surface area contributed by atoms with Crippen molar-refractivity contribution < 1.29 is 0 Å². The van der Waals surface area contributed by atoms with Gasteiger partial charge in [-0.1, -0.05) is 26.8 Å². The summed E-state index contributed by atoms with van der Waals surface area (Å²) in [4.78, 5) is 34.1. The Morgan fingerprint density at radius 3 is 1.94 bits per heavy atom. The van der Waals surface area contributed by atoms with Crippen molar-refractivity contribution in [2.24, 2.45) is 0 Å². The maximum Gasteiger partial charge on any atom is 0.273 e. The third-order valence-corrected chi connectivity index (χ3v) is 2.79. The van der Waals surface area contributed by atoms with Crippen LogP contribution in [0.1, 0.15) is 26.3 Å². The molecule has 2 rings (SSSR count). The predicted molar refractivity (Wildman–Crippen MR) is 63.8 cm³/mol. The molecule has 0 aromatic heterocycles. The average Bonchev–Trinajstić information content (AvgIpc) is 2.43. The summed E-state index contributed by atoms with van der Waals surface area (Å²) in [6.45, 7) is 6.04. The van der Waals surface area contributed by atoms with E-state index < -0.39 is 16.3 Å². The fraction of sp³-hybridized carbons (Fsp3) is 0.308. The van der Waals surface area contributed by atoms with Crippen LogP contribution in [0, 0.1) is 0 Å². The van der Waals surface area contributed by atoms with E-state index in [-0.39, 0.29) is 16.2 Å². The highest BCUT2D eigenvalue weighted by Crippen LogP contribution is 2.23. The fourth-order valence-electron chi connectivity index (χ4n) is 1.74. The van der Waals surface area contributed by atoms with E-state index in [1.54, 1.807) is 18.2 Å². The van der Waals surface area contributed by atoms with E-state index in [2.05, 4.69) is 0 Å². The van der Waals surface area contributed by atoms with Gasteiger partial charge in [-0.3, -0.25) is 14.4 Å². The molecule has 0 spiro atoms. The van der Waals surface area contributed by atoms with Gasteiger partial charge in [0.15, 0.2) is 0 Å².